The lowest BCUT2D eigenvalue weighted by atomic mass is 10.2. The zero-order valence-electron chi connectivity index (χ0n) is 13.8. The van der Waals surface area contributed by atoms with Crippen LogP contribution in [0.2, 0.25) is 0 Å². The van der Waals surface area contributed by atoms with Gasteiger partial charge in [0.05, 0.1) is 23.7 Å². The molecule has 0 aromatic carbocycles. The summed E-state index contributed by atoms with van der Waals surface area (Å²) < 4.78 is 23.3. The van der Waals surface area contributed by atoms with Crippen molar-refractivity contribution in [3.05, 3.63) is 48.0 Å². The lowest BCUT2D eigenvalue weighted by Gasteiger charge is -2.23. The molecular weight excluding hydrogens is 342 g/mol. The number of rotatable bonds is 5. The molecule has 1 fully saturated rings. The first-order valence-electron chi connectivity index (χ1n) is 7.89. The molecule has 1 saturated heterocycles. The summed E-state index contributed by atoms with van der Waals surface area (Å²) in [5, 5.41) is 2.76. The lowest BCUT2D eigenvalue weighted by molar-refractivity contribution is 0.0945. The van der Waals surface area contributed by atoms with Gasteiger partial charge in [-0.05, 0) is 24.6 Å². The van der Waals surface area contributed by atoms with Gasteiger partial charge < -0.3 is 10.2 Å². The number of nitrogens with zero attached hydrogens (tertiary/aromatic N) is 4. The molecule has 1 aliphatic heterocycles. The Kier molecular flexibility index (Phi) is 4.93. The summed E-state index contributed by atoms with van der Waals surface area (Å²) in [5.41, 5.74) is 0.979. The van der Waals surface area contributed by atoms with E-state index in [4.69, 9.17) is 0 Å². The maximum atomic E-state index is 12.3. The van der Waals surface area contributed by atoms with Crippen LogP contribution in [0.5, 0.6) is 0 Å². The number of pyridine rings is 1. The first-order valence-corrected chi connectivity index (χ1v) is 9.71. The summed E-state index contributed by atoms with van der Waals surface area (Å²) in [7, 11) is -1.25. The van der Waals surface area contributed by atoms with Crippen molar-refractivity contribution in [3.63, 3.8) is 0 Å². The van der Waals surface area contributed by atoms with Gasteiger partial charge in [-0.2, -0.15) is 0 Å². The second-order valence-electron chi connectivity index (χ2n) is 5.91. The van der Waals surface area contributed by atoms with Gasteiger partial charge in [-0.15, -0.1) is 0 Å². The molecule has 1 amide bonds. The number of aromatic nitrogens is 3. The zero-order chi connectivity index (χ0) is 17.9. The molecule has 1 unspecified atom stereocenters. The quantitative estimate of drug-likeness (QED) is 0.823. The van der Waals surface area contributed by atoms with E-state index >= 15 is 0 Å². The predicted molar refractivity (Wildman–Crippen MR) is 92.9 cm³/mol. The number of nitrogens with one attached hydrogen (secondary N) is 1. The van der Waals surface area contributed by atoms with Gasteiger partial charge in [-0.25, -0.2) is 18.4 Å². The molecule has 1 aliphatic rings. The van der Waals surface area contributed by atoms with E-state index in [1.54, 1.807) is 24.2 Å². The molecule has 1 atom stereocenters. The van der Waals surface area contributed by atoms with Crippen molar-refractivity contribution in [1.29, 1.82) is 0 Å². The van der Waals surface area contributed by atoms with Crippen molar-refractivity contribution in [1.82, 2.24) is 20.3 Å². The third kappa shape index (κ3) is 4.30. The number of carbonyl (C=O) groups excluding carboxylic acids is 1. The molecule has 3 rings (SSSR count). The highest BCUT2D eigenvalue weighted by molar-refractivity contribution is 7.91. The summed E-state index contributed by atoms with van der Waals surface area (Å²) in [6.07, 6.45) is 3.70. The molecule has 9 heteroatoms. The Morgan fingerprint density at radius 1 is 1.28 bits per heavy atom. The molecule has 25 heavy (non-hydrogen) atoms. The average molecular weight is 361 g/mol. The van der Waals surface area contributed by atoms with E-state index in [1.165, 1.54) is 12.3 Å². The van der Waals surface area contributed by atoms with Crippen LogP contribution in [0.3, 0.4) is 0 Å². The third-order valence-electron chi connectivity index (χ3n) is 4.10. The van der Waals surface area contributed by atoms with Gasteiger partial charge in [0.25, 0.3) is 5.91 Å². The van der Waals surface area contributed by atoms with Crippen LogP contribution in [0, 0.1) is 0 Å². The molecule has 0 radical (unpaired) electrons. The van der Waals surface area contributed by atoms with Gasteiger partial charge in [-0.3, -0.25) is 9.78 Å². The smallest absolute Gasteiger partial charge is 0.270 e. The molecule has 132 valence electrons. The summed E-state index contributed by atoms with van der Waals surface area (Å²) in [5.74, 6) is 0.268. The maximum Gasteiger partial charge on any atom is 0.270 e. The van der Waals surface area contributed by atoms with Crippen molar-refractivity contribution >= 4 is 21.7 Å². The highest BCUT2D eigenvalue weighted by Crippen LogP contribution is 2.20. The Hall–Kier alpha value is -2.55. The molecule has 2 aromatic rings. The predicted octanol–water partition coefficient (Wildman–Crippen LogP) is 0.425. The molecule has 0 bridgehead atoms. The Balaban J connectivity index is 1.67. The molecule has 0 spiro atoms. The minimum absolute atomic E-state index is 0.0863. The summed E-state index contributed by atoms with van der Waals surface area (Å²) >= 11 is 0. The van der Waals surface area contributed by atoms with Gasteiger partial charge in [0.2, 0.25) is 5.95 Å². The van der Waals surface area contributed by atoms with Crippen LogP contribution in [-0.4, -0.2) is 53.9 Å². The Morgan fingerprint density at radius 3 is 2.80 bits per heavy atom. The first kappa shape index (κ1) is 17.3. The fourth-order valence-corrected chi connectivity index (χ4v) is 4.43. The number of carbonyl (C=O) groups is 1. The fraction of sp³-hybridized carbons (Fsp3) is 0.375. The van der Waals surface area contributed by atoms with E-state index in [9.17, 15) is 13.2 Å². The average Bonchev–Trinajstić information content (AvgIpc) is 3.00. The maximum absolute atomic E-state index is 12.3. The van der Waals surface area contributed by atoms with Crippen molar-refractivity contribution < 1.29 is 13.2 Å². The minimum atomic E-state index is -3.00. The Labute approximate surface area is 146 Å². The van der Waals surface area contributed by atoms with Crippen LogP contribution >= 0.6 is 0 Å². The standard InChI is InChI=1S/C16H19N5O3S/c1-21(13-6-9-25(23,24)11-13)16-18-8-5-14(20-16)15(22)19-10-12-4-2-3-7-17-12/h2-5,7-8,13H,6,9-11H2,1H3,(H,19,22). The van der Waals surface area contributed by atoms with Gasteiger partial charge in [0.15, 0.2) is 9.84 Å². The number of anilines is 1. The van der Waals surface area contributed by atoms with E-state index in [2.05, 4.69) is 20.3 Å². The molecule has 0 aliphatic carbocycles. The number of amides is 1. The van der Waals surface area contributed by atoms with Crippen molar-refractivity contribution in [2.75, 3.05) is 23.5 Å². The number of hydrogen-bond acceptors (Lipinski definition) is 7. The summed E-state index contributed by atoms with van der Waals surface area (Å²) in [6, 6.07) is 6.83. The highest BCUT2D eigenvalue weighted by atomic mass is 32.2. The van der Waals surface area contributed by atoms with Crippen molar-refractivity contribution in [2.45, 2.75) is 19.0 Å². The highest BCUT2D eigenvalue weighted by Gasteiger charge is 2.31. The van der Waals surface area contributed by atoms with E-state index in [-0.39, 0.29) is 29.1 Å². The van der Waals surface area contributed by atoms with Crippen LogP contribution in [0.15, 0.2) is 36.7 Å². The number of hydrogen-bond donors (Lipinski definition) is 1. The summed E-state index contributed by atoms with van der Waals surface area (Å²) in [4.78, 5) is 26.6. The molecule has 8 nitrogen and oxygen atoms in total. The molecule has 3 heterocycles. The zero-order valence-corrected chi connectivity index (χ0v) is 14.6. The Morgan fingerprint density at radius 2 is 2.12 bits per heavy atom. The SMILES string of the molecule is CN(c1nccc(C(=O)NCc2ccccn2)n1)C1CCS(=O)(=O)C1. The Bertz CT molecular complexity index is 857. The van der Waals surface area contributed by atoms with Crippen LogP contribution < -0.4 is 10.2 Å². The lowest BCUT2D eigenvalue weighted by Crippen LogP contribution is -2.34. The van der Waals surface area contributed by atoms with Crippen LogP contribution in [0.1, 0.15) is 22.6 Å². The van der Waals surface area contributed by atoms with E-state index in [1.807, 2.05) is 12.1 Å². The largest absolute Gasteiger partial charge is 0.345 e. The van der Waals surface area contributed by atoms with E-state index in [0.717, 1.165) is 5.69 Å². The second-order valence-corrected chi connectivity index (χ2v) is 8.14. The van der Waals surface area contributed by atoms with Crippen LogP contribution in [0.4, 0.5) is 5.95 Å². The van der Waals surface area contributed by atoms with Crippen LogP contribution in [-0.2, 0) is 16.4 Å². The van der Waals surface area contributed by atoms with Crippen molar-refractivity contribution in [2.24, 2.45) is 0 Å². The van der Waals surface area contributed by atoms with Crippen molar-refractivity contribution in [3.8, 4) is 0 Å². The minimum Gasteiger partial charge on any atom is -0.345 e. The van der Waals surface area contributed by atoms with Gasteiger partial charge >= 0.3 is 0 Å². The van der Waals surface area contributed by atoms with Crippen LogP contribution in [0.25, 0.3) is 0 Å². The monoisotopic (exact) mass is 361 g/mol. The molecule has 0 saturated carbocycles. The normalized spacial score (nSPS) is 18.7. The molecular formula is C16H19N5O3S. The van der Waals surface area contributed by atoms with E-state index in [0.29, 0.717) is 18.9 Å². The van der Waals surface area contributed by atoms with Gasteiger partial charge in [0, 0.05) is 25.5 Å². The van der Waals surface area contributed by atoms with Gasteiger partial charge in [0.1, 0.15) is 5.69 Å². The number of sulfone groups is 1. The first-order chi connectivity index (χ1) is 11.9. The molecule has 2 aromatic heterocycles. The van der Waals surface area contributed by atoms with E-state index < -0.39 is 9.84 Å². The van der Waals surface area contributed by atoms with Gasteiger partial charge in [-0.1, -0.05) is 6.07 Å². The fourth-order valence-electron chi connectivity index (χ4n) is 2.65. The molecule has 1 N–H and O–H groups in total. The third-order valence-corrected chi connectivity index (χ3v) is 5.85. The topological polar surface area (TPSA) is 105 Å². The second kappa shape index (κ2) is 7.14. The summed E-state index contributed by atoms with van der Waals surface area (Å²) in [6.45, 7) is 0.301.